The smallest absolute Gasteiger partial charge is 0.242 e. The summed E-state index contributed by atoms with van der Waals surface area (Å²) in [6.45, 7) is 2.39. The van der Waals surface area contributed by atoms with Crippen molar-refractivity contribution in [1.29, 1.82) is 0 Å². The lowest BCUT2D eigenvalue weighted by Crippen LogP contribution is -2.37. The molecule has 0 aliphatic carbocycles. The standard InChI is InChI=1S/C23H21N3OS/c1-16(22(27)24-15-17-8-3-2-4-9-17)25-19-11-7-10-18(14-19)23-26-20-12-5-6-13-21(20)28-23/h2-14,16,25H,15H2,1H3,(H,24,27). The highest BCUT2D eigenvalue weighted by Gasteiger charge is 2.13. The van der Waals surface area contributed by atoms with Gasteiger partial charge in [0.25, 0.3) is 0 Å². The van der Waals surface area contributed by atoms with Crippen LogP contribution in [-0.2, 0) is 11.3 Å². The van der Waals surface area contributed by atoms with Crippen LogP contribution in [0.5, 0.6) is 0 Å². The van der Waals surface area contributed by atoms with Crippen LogP contribution >= 0.6 is 11.3 Å². The molecule has 4 aromatic rings. The molecule has 4 nitrogen and oxygen atoms in total. The zero-order valence-corrected chi connectivity index (χ0v) is 16.4. The molecule has 2 N–H and O–H groups in total. The van der Waals surface area contributed by atoms with Crippen LogP contribution in [0.1, 0.15) is 12.5 Å². The van der Waals surface area contributed by atoms with Crippen molar-refractivity contribution in [3.05, 3.63) is 84.4 Å². The monoisotopic (exact) mass is 387 g/mol. The highest BCUT2D eigenvalue weighted by Crippen LogP contribution is 2.31. The average molecular weight is 388 g/mol. The minimum atomic E-state index is -0.339. The molecule has 0 bridgehead atoms. The van der Waals surface area contributed by atoms with Crippen LogP contribution in [0.25, 0.3) is 20.8 Å². The van der Waals surface area contributed by atoms with E-state index in [0.717, 1.165) is 27.3 Å². The van der Waals surface area contributed by atoms with Crippen molar-refractivity contribution in [3.8, 4) is 10.6 Å². The van der Waals surface area contributed by atoms with Gasteiger partial charge in [-0.25, -0.2) is 4.98 Å². The third-order valence-electron chi connectivity index (χ3n) is 4.49. The summed E-state index contributed by atoms with van der Waals surface area (Å²) < 4.78 is 1.17. The molecule has 1 atom stereocenters. The number of nitrogens with one attached hydrogen (secondary N) is 2. The van der Waals surface area contributed by atoms with Gasteiger partial charge < -0.3 is 10.6 Å². The maximum atomic E-state index is 12.4. The highest BCUT2D eigenvalue weighted by atomic mass is 32.1. The summed E-state index contributed by atoms with van der Waals surface area (Å²) in [5, 5.41) is 7.24. The van der Waals surface area contributed by atoms with Crippen molar-refractivity contribution in [2.45, 2.75) is 19.5 Å². The van der Waals surface area contributed by atoms with Crippen molar-refractivity contribution < 1.29 is 4.79 Å². The van der Waals surface area contributed by atoms with Gasteiger partial charge in [-0.2, -0.15) is 0 Å². The molecular weight excluding hydrogens is 366 g/mol. The van der Waals surface area contributed by atoms with E-state index in [-0.39, 0.29) is 11.9 Å². The van der Waals surface area contributed by atoms with Gasteiger partial charge in [-0.3, -0.25) is 4.79 Å². The second kappa shape index (κ2) is 8.23. The van der Waals surface area contributed by atoms with E-state index in [1.807, 2.05) is 79.7 Å². The molecule has 0 fully saturated rings. The molecule has 0 saturated carbocycles. The fourth-order valence-corrected chi connectivity index (χ4v) is 3.95. The predicted octanol–water partition coefficient (Wildman–Crippen LogP) is 5.08. The van der Waals surface area contributed by atoms with Gasteiger partial charge in [-0.1, -0.05) is 54.6 Å². The summed E-state index contributed by atoms with van der Waals surface area (Å²) >= 11 is 1.67. The third kappa shape index (κ3) is 4.21. The molecule has 0 radical (unpaired) electrons. The van der Waals surface area contributed by atoms with Crippen LogP contribution in [0.15, 0.2) is 78.9 Å². The number of rotatable bonds is 6. The molecule has 5 heteroatoms. The fraction of sp³-hybridized carbons (Fsp3) is 0.130. The number of fused-ring (bicyclic) bond motifs is 1. The number of amides is 1. The Bertz CT molecular complexity index is 1060. The van der Waals surface area contributed by atoms with E-state index in [4.69, 9.17) is 4.98 Å². The molecule has 1 aromatic heterocycles. The van der Waals surface area contributed by atoms with E-state index < -0.39 is 0 Å². The second-order valence-corrected chi connectivity index (χ2v) is 7.67. The SMILES string of the molecule is CC(Nc1cccc(-c2nc3ccccc3s2)c1)C(=O)NCc1ccccc1. The first-order chi connectivity index (χ1) is 13.7. The number of aromatic nitrogens is 1. The molecule has 3 aromatic carbocycles. The first-order valence-corrected chi connectivity index (χ1v) is 10.0. The Morgan fingerprint density at radius 1 is 1.00 bits per heavy atom. The number of carbonyl (C=O) groups is 1. The molecular formula is C23H21N3OS. The third-order valence-corrected chi connectivity index (χ3v) is 5.57. The van der Waals surface area contributed by atoms with Crippen molar-refractivity contribution in [2.75, 3.05) is 5.32 Å². The van der Waals surface area contributed by atoms with E-state index in [0.29, 0.717) is 6.54 Å². The number of nitrogens with zero attached hydrogens (tertiary/aromatic N) is 1. The number of para-hydroxylation sites is 1. The van der Waals surface area contributed by atoms with E-state index in [9.17, 15) is 4.79 Å². The van der Waals surface area contributed by atoms with Crippen LogP contribution < -0.4 is 10.6 Å². The Balaban J connectivity index is 1.43. The number of thiazole rings is 1. The van der Waals surface area contributed by atoms with Gasteiger partial charge in [-0.15, -0.1) is 11.3 Å². The lowest BCUT2D eigenvalue weighted by atomic mass is 10.2. The number of hydrogen-bond acceptors (Lipinski definition) is 4. The van der Waals surface area contributed by atoms with Gasteiger partial charge in [0.2, 0.25) is 5.91 Å². The van der Waals surface area contributed by atoms with E-state index in [1.54, 1.807) is 11.3 Å². The number of benzene rings is 3. The van der Waals surface area contributed by atoms with E-state index >= 15 is 0 Å². The van der Waals surface area contributed by atoms with Crippen LogP contribution in [0.4, 0.5) is 5.69 Å². The Kier molecular flexibility index (Phi) is 5.35. The van der Waals surface area contributed by atoms with Crippen LogP contribution in [0.2, 0.25) is 0 Å². The Labute approximate surface area is 168 Å². The largest absolute Gasteiger partial charge is 0.374 e. The Morgan fingerprint density at radius 2 is 1.79 bits per heavy atom. The van der Waals surface area contributed by atoms with Gasteiger partial charge in [0, 0.05) is 17.8 Å². The van der Waals surface area contributed by atoms with Crippen LogP contribution in [-0.4, -0.2) is 16.9 Å². The molecule has 0 aliphatic rings. The van der Waals surface area contributed by atoms with E-state index in [2.05, 4.69) is 16.7 Å². The molecule has 140 valence electrons. The summed E-state index contributed by atoms with van der Waals surface area (Å²) in [4.78, 5) is 17.1. The summed E-state index contributed by atoms with van der Waals surface area (Å²) in [7, 11) is 0. The van der Waals surface area contributed by atoms with Gasteiger partial charge >= 0.3 is 0 Å². The first kappa shape index (κ1) is 18.2. The summed E-state index contributed by atoms with van der Waals surface area (Å²) in [6.07, 6.45) is 0. The van der Waals surface area contributed by atoms with Crippen molar-refractivity contribution >= 4 is 33.1 Å². The average Bonchev–Trinajstić information content (AvgIpc) is 3.17. The van der Waals surface area contributed by atoms with Crippen molar-refractivity contribution in [3.63, 3.8) is 0 Å². The second-order valence-electron chi connectivity index (χ2n) is 6.64. The maximum Gasteiger partial charge on any atom is 0.242 e. The number of carbonyl (C=O) groups excluding carboxylic acids is 1. The lowest BCUT2D eigenvalue weighted by molar-refractivity contribution is -0.121. The van der Waals surface area contributed by atoms with Crippen LogP contribution in [0, 0.1) is 0 Å². The summed E-state index contributed by atoms with van der Waals surface area (Å²) in [6, 6.07) is 25.7. The van der Waals surface area contributed by atoms with Gasteiger partial charge in [0.15, 0.2) is 0 Å². The van der Waals surface area contributed by atoms with Gasteiger partial charge in [-0.05, 0) is 36.8 Å². The molecule has 0 spiro atoms. The quantitative estimate of drug-likeness (QED) is 0.485. The normalized spacial score (nSPS) is 11.9. The highest BCUT2D eigenvalue weighted by molar-refractivity contribution is 7.21. The molecule has 0 aliphatic heterocycles. The zero-order valence-electron chi connectivity index (χ0n) is 15.6. The molecule has 1 heterocycles. The first-order valence-electron chi connectivity index (χ1n) is 9.23. The molecule has 0 saturated heterocycles. The van der Waals surface area contributed by atoms with Gasteiger partial charge in [0.05, 0.1) is 10.2 Å². The summed E-state index contributed by atoms with van der Waals surface area (Å²) in [5.74, 6) is -0.0331. The topological polar surface area (TPSA) is 54.0 Å². The summed E-state index contributed by atoms with van der Waals surface area (Å²) in [5.41, 5.74) is 4.04. The fourth-order valence-electron chi connectivity index (χ4n) is 2.99. The molecule has 28 heavy (non-hydrogen) atoms. The lowest BCUT2D eigenvalue weighted by Gasteiger charge is -2.16. The van der Waals surface area contributed by atoms with Gasteiger partial charge in [0.1, 0.15) is 11.0 Å². The Morgan fingerprint density at radius 3 is 2.61 bits per heavy atom. The maximum absolute atomic E-state index is 12.4. The minimum absolute atomic E-state index is 0.0331. The number of anilines is 1. The Hall–Kier alpha value is -3.18. The molecule has 4 rings (SSSR count). The minimum Gasteiger partial charge on any atom is -0.374 e. The zero-order chi connectivity index (χ0) is 19.3. The van der Waals surface area contributed by atoms with Crippen LogP contribution in [0.3, 0.4) is 0 Å². The molecule has 1 amide bonds. The van der Waals surface area contributed by atoms with Crippen molar-refractivity contribution in [1.82, 2.24) is 10.3 Å². The number of hydrogen-bond donors (Lipinski definition) is 2. The molecule has 1 unspecified atom stereocenters. The van der Waals surface area contributed by atoms with E-state index in [1.165, 1.54) is 4.70 Å². The van der Waals surface area contributed by atoms with Crippen molar-refractivity contribution in [2.24, 2.45) is 0 Å². The predicted molar refractivity (Wildman–Crippen MR) is 116 cm³/mol.